The molecule has 158 valence electrons. The first-order valence-corrected chi connectivity index (χ1v) is 11.1. The van der Waals surface area contributed by atoms with Crippen LogP contribution in [0.4, 0.5) is 0 Å². The molecule has 0 aromatic heterocycles. The third-order valence-corrected chi connectivity index (χ3v) is 6.68. The first-order valence-electron chi connectivity index (χ1n) is 9.71. The first kappa shape index (κ1) is 22.0. The maximum Gasteiger partial charge on any atom is 0.243 e. The summed E-state index contributed by atoms with van der Waals surface area (Å²) in [5.74, 6) is -0.346. The molecular formula is C23H27N3O3S. The lowest BCUT2D eigenvalue weighted by Crippen LogP contribution is -2.38. The smallest absolute Gasteiger partial charge is 0.243 e. The summed E-state index contributed by atoms with van der Waals surface area (Å²) in [4.78, 5) is 14.7. The van der Waals surface area contributed by atoms with Crippen LogP contribution < -0.4 is 5.32 Å². The van der Waals surface area contributed by atoms with Gasteiger partial charge in [0.25, 0.3) is 0 Å². The fourth-order valence-electron chi connectivity index (χ4n) is 3.27. The van der Waals surface area contributed by atoms with E-state index < -0.39 is 10.0 Å². The van der Waals surface area contributed by atoms with Crippen molar-refractivity contribution in [1.29, 1.82) is 0 Å². The summed E-state index contributed by atoms with van der Waals surface area (Å²) < 4.78 is 26.9. The van der Waals surface area contributed by atoms with E-state index in [-0.39, 0.29) is 17.3 Å². The Labute approximate surface area is 178 Å². The zero-order chi connectivity index (χ0) is 21.7. The Hall–Kier alpha value is -2.74. The number of hydrogen-bond acceptors (Lipinski definition) is 4. The molecule has 0 atom stereocenters. The highest BCUT2D eigenvalue weighted by molar-refractivity contribution is 7.89. The van der Waals surface area contributed by atoms with Crippen LogP contribution in [0.25, 0.3) is 10.8 Å². The van der Waals surface area contributed by atoms with Crippen molar-refractivity contribution in [3.63, 3.8) is 0 Å². The van der Waals surface area contributed by atoms with Gasteiger partial charge >= 0.3 is 0 Å². The minimum absolute atomic E-state index is 0.174. The molecule has 0 heterocycles. The molecule has 3 aromatic carbocycles. The van der Waals surface area contributed by atoms with Crippen molar-refractivity contribution in [1.82, 2.24) is 14.5 Å². The molecule has 6 nitrogen and oxygen atoms in total. The van der Waals surface area contributed by atoms with Crippen molar-refractivity contribution in [2.75, 3.05) is 27.7 Å². The van der Waals surface area contributed by atoms with Crippen molar-refractivity contribution in [3.8, 4) is 0 Å². The molecule has 0 spiro atoms. The van der Waals surface area contributed by atoms with Gasteiger partial charge in [0.05, 0.1) is 11.4 Å². The number of carbonyl (C=O) groups is 1. The third-order valence-electron chi connectivity index (χ3n) is 4.88. The van der Waals surface area contributed by atoms with Crippen molar-refractivity contribution in [2.45, 2.75) is 18.0 Å². The van der Waals surface area contributed by atoms with Crippen molar-refractivity contribution >= 4 is 26.7 Å². The van der Waals surface area contributed by atoms with Crippen LogP contribution in [0, 0.1) is 0 Å². The highest BCUT2D eigenvalue weighted by Crippen LogP contribution is 2.21. The topological polar surface area (TPSA) is 69.7 Å². The highest BCUT2D eigenvalue weighted by Gasteiger charge is 2.23. The molecule has 0 saturated heterocycles. The number of hydrogen-bond donors (Lipinski definition) is 1. The summed E-state index contributed by atoms with van der Waals surface area (Å²) >= 11 is 0. The maximum atomic E-state index is 12.9. The standard InChI is InChI=1S/C23H27N3O3S/c1-25(2)16-21-11-7-6-10-20(21)15-24-23(27)17-26(3)30(28,29)22-13-12-18-8-4-5-9-19(18)14-22/h4-14H,15-17H2,1-3H3,(H,24,27). The maximum absolute atomic E-state index is 12.9. The summed E-state index contributed by atoms with van der Waals surface area (Å²) in [5, 5.41) is 4.64. The predicted molar refractivity (Wildman–Crippen MR) is 119 cm³/mol. The molecule has 0 radical (unpaired) electrons. The second-order valence-corrected chi connectivity index (χ2v) is 9.60. The minimum Gasteiger partial charge on any atom is -0.351 e. The van der Waals surface area contributed by atoms with Crippen molar-refractivity contribution < 1.29 is 13.2 Å². The van der Waals surface area contributed by atoms with E-state index in [1.165, 1.54) is 7.05 Å². The van der Waals surface area contributed by atoms with Gasteiger partial charge < -0.3 is 10.2 Å². The van der Waals surface area contributed by atoms with Crippen LogP contribution in [-0.2, 0) is 27.9 Å². The number of fused-ring (bicyclic) bond motifs is 1. The summed E-state index contributed by atoms with van der Waals surface area (Å²) in [6.07, 6.45) is 0. The van der Waals surface area contributed by atoms with E-state index in [4.69, 9.17) is 0 Å². The van der Waals surface area contributed by atoms with Gasteiger partial charge in [-0.3, -0.25) is 4.79 Å². The molecule has 0 unspecified atom stereocenters. The molecule has 0 aliphatic carbocycles. The lowest BCUT2D eigenvalue weighted by atomic mass is 10.1. The van der Waals surface area contributed by atoms with E-state index in [1.807, 2.05) is 62.6 Å². The molecule has 3 aromatic rings. The van der Waals surface area contributed by atoms with Crippen LogP contribution in [0.3, 0.4) is 0 Å². The molecule has 1 N–H and O–H groups in total. The van der Waals surface area contributed by atoms with Gasteiger partial charge in [-0.2, -0.15) is 4.31 Å². The number of rotatable bonds is 8. The molecule has 0 aliphatic rings. The normalized spacial score (nSPS) is 11.9. The van der Waals surface area contributed by atoms with Crippen molar-refractivity contribution in [3.05, 3.63) is 77.9 Å². The second kappa shape index (κ2) is 9.38. The lowest BCUT2D eigenvalue weighted by molar-refractivity contribution is -0.121. The van der Waals surface area contributed by atoms with Crippen LogP contribution >= 0.6 is 0 Å². The number of amides is 1. The molecule has 0 bridgehead atoms. The zero-order valence-electron chi connectivity index (χ0n) is 17.5. The van der Waals surface area contributed by atoms with E-state index in [0.717, 1.165) is 32.7 Å². The summed E-state index contributed by atoms with van der Waals surface area (Å²) in [5.41, 5.74) is 2.14. The van der Waals surface area contributed by atoms with Crippen LogP contribution in [0.15, 0.2) is 71.6 Å². The Morgan fingerprint density at radius 3 is 2.20 bits per heavy atom. The number of benzene rings is 3. The molecule has 0 saturated carbocycles. The van der Waals surface area contributed by atoms with Gasteiger partial charge in [-0.05, 0) is 48.1 Å². The average Bonchev–Trinajstić information content (AvgIpc) is 2.72. The fourth-order valence-corrected chi connectivity index (χ4v) is 4.43. The fraction of sp³-hybridized carbons (Fsp3) is 0.261. The Bertz CT molecular complexity index is 1140. The van der Waals surface area contributed by atoms with Gasteiger partial charge in [-0.1, -0.05) is 54.6 Å². The predicted octanol–water partition coefficient (Wildman–Crippen LogP) is 2.84. The Balaban J connectivity index is 1.66. The van der Waals surface area contributed by atoms with Gasteiger partial charge in [0.2, 0.25) is 15.9 Å². The summed E-state index contributed by atoms with van der Waals surface area (Å²) in [6.45, 7) is 0.875. The van der Waals surface area contributed by atoms with E-state index in [0.29, 0.717) is 6.54 Å². The number of carbonyl (C=O) groups excluding carboxylic acids is 1. The third kappa shape index (κ3) is 5.24. The molecular weight excluding hydrogens is 398 g/mol. The molecule has 0 aliphatic heterocycles. The van der Waals surface area contributed by atoms with Gasteiger partial charge in [-0.25, -0.2) is 8.42 Å². The highest BCUT2D eigenvalue weighted by atomic mass is 32.2. The van der Waals surface area contributed by atoms with Gasteiger partial charge in [0, 0.05) is 20.1 Å². The number of likely N-dealkylation sites (N-methyl/N-ethyl adjacent to an activating group) is 1. The second-order valence-electron chi connectivity index (χ2n) is 7.55. The molecule has 7 heteroatoms. The van der Waals surface area contributed by atoms with E-state index in [1.54, 1.807) is 18.2 Å². The number of sulfonamides is 1. The molecule has 0 fully saturated rings. The molecule has 30 heavy (non-hydrogen) atoms. The Morgan fingerprint density at radius 1 is 0.867 bits per heavy atom. The minimum atomic E-state index is -3.77. The van der Waals surface area contributed by atoms with Gasteiger partial charge in [0.15, 0.2) is 0 Å². The SMILES string of the molecule is CN(C)Cc1ccccc1CNC(=O)CN(C)S(=O)(=O)c1ccc2ccccc2c1. The van der Waals surface area contributed by atoms with Crippen molar-refractivity contribution in [2.24, 2.45) is 0 Å². The zero-order valence-corrected chi connectivity index (χ0v) is 18.3. The first-order chi connectivity index (χ1) is 14.3. The monoisotopic (exact) mass is 425 g/mol. The van der Waals surface area contributed by atoms with Crippen LogP contribution in [0.5, 0.6) is 0 Å². The Morgan fingerprint density at radius 2 is 1.50 bits per heavy atom. The van der Waals surface area contributed by atoms with E-state index in [9.17, 15) is 13.2 Å². The van der Waals surface area contributed by atoms with Crippen LogP contribution in [0.2, 0.25) is 0 Å². The van der Waals surface area contributed by atoms with Gasteiger partial charge in [-0.15, -0.1) is 0 Å². The van der Waals surface area contributed by atoms with E-state index in [2.05, 4.69) is 10.2 Å². The van der Waals surface area contributed by atoms with E-state index >= 15 is 0 Å². The van der Waals surface area contributed by atoms with Gasteiger partial charge in [0.1, 0.15) is 0 Å². The van der Waals surface area contributed by atoms with Crippen LogP contribution in [-0.4, -0.2) is 51.2 Å². The number of nitrogens with zero attached hydrogens (tertiary/aromatic N) is 2. The summed E-state index contributed by atoms with van der Waals surface area (Å²) in [7, 11) is 1.63. The average molecular weight is 426 g/mol. The quantitative estimate of drug-likeness (QED) is 0.603. The largest absolute Gasteiger partial charge is 0.351 e. The number of nitrogens with one attached hydrogen (secondary N) is 1. The van der Waals surface area contributed by atoms with Crippen LogP contribution in [0.1, 0.15) is 11.1 Å². The summed E-state index contributed by atoms with van der Waals surface area (Å²) in [6, 6.07) is 20.4. The molecule has 3 rings (SSSR count). The Kier molecular flexibility index (Phi) is 6.87. The lowest BCUT2D eigenvalue weighted by Gasteiger charge is -2.18. The molecule has 1 amide bonds.